The molecule has 1 aromatic rings. The van der Waals surface area contributed by atoms with Gasteiger partial charge in [-0.3, -0.25) is 15.1 Å². The first-order valence-electron chi connectivity index (χ1n) is 3.22. The highest BCUT2D eigenvalue weighted by Gasteiger charge is 2.12. The van der Waals surface area contributed by atoms with Gasteiger partial charge in [0.2, 0.25) is 0 Å². The number of aromatic nitrogens is 1. The Bertz CT molecular complexity index is 366. The van der Waals surface area contributed by atoms with Crippen LogP contribution in [0.15, 0.2) is 12.4 Å². The fourth-order valence-corrected chi connectivity index (χ4v) is 0.844. The van der Waals surface area contributed by atoms with Crippen LogP contribution in [0.25, 0.3) is 0 Å². The minimum absolute atomic E-state index is 0.0366. The summed E-state index contributed by atoms with van der Waals surface area (Å²) in [6, 6.07) is 0. The van der Waals surface area contributed by atoms with E-state index < -0.39 is 4.92 Å². The van der Waals surface area contributed by atoms with Crippen molar-refractivity contribution in [2.24, 2.45) is 0 Å². The Labute approximate surface area is 69.4 Å². The molecule has 0 atom stereocenters. The summed E-state index contributed by atoms with van der Waals surface area (Å²) in [6.45, 7) is 1.61. The van der Waals surface area contributed by atoms with Gasteiger partial charge in [0.1, 0.15) is 6.20 Å². The predicted molar refractivity (Wildman–Crippen MR) is 43.6 cm³/mol. The lowest BCUT2D eigenvalue weighted by Crippen LogP contribution is -1.95. The first kappa shape index (κ1) is 8.21. The van der Waals surface area contributed by atoms with Crippen molar-refractivity contribution in [1.82, 2.24) is 4.98 Å². The van der Waals surface area contributed by atoms with Gasteiger partial charge in [-0.05, 0) is 6.92 Å². The van der Waals surface area contributed by atoms with Crippen LogP contribution in [0.3, 0.4) is 0 Å². The van der Waals surface area contributed by atoms with Crippen LogP contribution < -0.4 is 0 Å². The van der Waals surface area contributed by atoms with Crippen molar-refractivity contribution in [3.05, 3.63) is 33.6 Å². The first-order valence-corrected chi connectivity index (χ1v) is 3.22. The number of nitrogens with zero attached hydrogens (tertiary/aromatic N) is 2. The molecule has 0 aromatic carbocycles. The van der Waals surface area contributed by atoms with Gasteiger partial charge in [-0.1, -0.05) is 5.92 Å². The maximum atomic E-state index is 10.4. The third kappa shape index (κ3) is 1.25. The average molecular weight is 162 g/mol. The summed E-state index contributed by atoms with van der Waals surface area (Å²) in [5, 5.41) is 10.4. The summed E-state index contributed by atoms with van der Waals surface area (Å²) in [5.41, 5.74) is 0.909. The molecule has 1 aromatic heterocycles. The van der Waals surface area contributed by atoms with E-state index in [4.69, 9.17) is 6.42 Å². The van der Waals surface area contributed by atoms with Crippen LogP contribution in [0.4, 0.5) is 5.69 Å². The van der Waals surface area contributed by atoms with Gasteiger partial charge in [0, 0.05) is 11.8 Å². The molecule has 0 aliphatic carbocycles. The highest BCUT2D eigenvalue weighted by molar-refractivity contribution is 5.48. The molecule has 0 bridgehead atoms. The minimum Gasteiger partial charge on any atom is -0.258 e. The highest BCUT2D eigenvalue weighted by atomic mass is 16.6. The van der Waals surface area contributed by atoms with Gasteiger partial charge >= 0.3 is 0 Å². The zero-order valence-electron chi connectivity index (χ0n) is 6.44. The van der Waals surface area contributed by atoms with Crippen LogP contribution in [0, 0.1) is 29.4 Å². The summed E-state index contributed by atoms with van der Waals surface area (Å²) in [7, 11) is 0. The van der Waals surface area contributed by atoms with Gasteiger partial charge in [-0.15, -0.1) is 6.42 Å². The summed E-state index contributed by atoms with van der Waals surface area (Å²) in [5.74, 6) is 2.32. The number of nitro groups is 1. The predicted octanol–water partition coefficient (Wildman–Crippen LogP) is 1.28. The normalized spacial score (nSPS) is 9.00. The molecule has 1 heterocycles. The fraction of sp³-hybridized carbons (Fsp3) is 0.125. The molecule has 1 rings (SSSR count). The Balaban J connectivity index is 3.35. The minimum atomic E-state index is -0.497. The number of hydrogen-bond donors (Lipinski definition) is 0. The Morgan fingerprint density at radius 2 is 2.33 bits per heavy atom. The number of rotatable bonds is 1. The lowest BCUT2D eigenvalue weighted by atomic mass is 10.1. The van der Waals surface area contributed by atoms with Gasteiger partial charge < -0.3 is 0 Å². The molecule has 0 aliphatic rings. The molecule has 0 saturated heterocycles. The maximum absolute atomic E-state index is 10.4. The van der Waals surface area contributed by atoms with Crippen molar-refractivity contribution in [2.45, 2.75) is 6.92 Å². The molecule has 0 saturated carbocycles. The quantitative estimate of drug-likeness (QED) is 0.355. The molecule has 12 heavy (non-hydrogen) atoms. The van der Waals surface area contributed by atoms with Crippen molar-refractivity contribution >= 4 is 5.69 Å². The molecular weight excluding hydrogens is 156 g/mol. The monoisotopic (exact) mass is 162 g/mol. The SMILES string of the molecule is C#Cc1cncc([N+](=O)[O-])c1C. The van der Waals surface area contributed by atoms with Crippen molar-refractivity contribution < 1.29 is 4.92 Å². The molecule has 0 fully saturated rings. The largest absolute Gasteiger partial charge is 0.291 e. The first-order chi connectivity index (χ1) is 5.66. The van der Waals surface area contributed by atoms with Crippen LogP contribution in [0.5, 0.6) is 0 Å². The van der Waals surface area contributed by atoms with Crippen molar-refractivity contribution in [3.8, 4) is 12.3 Å². The van der Waals surface area contributed by atoms with Crippen molar-refractivity contribution in [1.29, 1.82) is 0 Å². The van der Waals surface area contributed by atoms with Gasteiger partial charge in [0.25, 0.3) is 5.69 Å². The van der Waals surface area contributed by atoms with Crippen LogP contribution >= 0.6 is 0 Å². The second-order valence-corrected chi connectivity index (χ2v) is 2.23. The molecule has 0 radical (unpaired) electrons. The number of pyridine rings is 1. The van der Waals surface area contributed by atoms with Crippen molar-refractivity contribution in [2.75, 3.05) is 0 Å². The molecular formula is C8H6N2O2. The Kier molecular flexibility index (Phi) is 2.06. The van der Waals surface area contributed by atoms with E-state index in [1.165, 1.54) is 12.4 Å². The third-order valence-electron chi connectivity index (χ3n) is 1.54. The highest BCUT2D eigenvalue weighted by Crippen LogP contribution is 2.18. The second-order valence-electron chi connectivity index (χ2n) is 2.23. The molecule has 0 spiro atoms. The van der Waals surface area contributed by atoms with Gasteiger partial charge in [0.15, 0.2) is 0 Å². The number of hydrogen-bond acceptors (Lipinski definition) is 3. The smallest absolute Gasteiger partial charge is 0.258 e. The van der Waals surface area contributed by atoms with Gasteiger partial charge in [-0.2, -0.15) is 0 Å². The second kappa shape index (κ2) is 3.01. The Hall–Kier alpha value is -1.89. The molecule has 4 nitrogen and oxygen atoms in total. The van der Waals surface area contributed by atoms with E-state index in [0.29, 0.717) is 11.1 Å². The topological polar surface area (TPSA) is 56.0 Å². The zero-order chi connectivity index (χ0) is 9.14. The van der Waals surface area contributed by atoms with E-state index >= 15 is 0 Å². The third-order valence-corrected chi connectivity index (χ3v) is 1.54. The van der Waals surface area contributed by atoms with E-state index in [9.17, 15) is 10.1 Å². The van der Waals surface area contributed by atoms with Crippen LogP contribution in [0.1, 0.15) is 11.1 Å². The Morgan fingerprint density at radius 1 is 1.67 bits per heavy atom. The zero-order valence-corrected chi connectivity index (χ0v) is 6.44. The van der Waals surface area contributed by atoms with E-state index in [1.54, 1.807) is 6.92 Å². The molecule has 0 unspecified atom stereocenters. The van der Waals surface area contributed by atoms with E-state index in [2.05, 4.69) is 10.9 Å². The maximum Gasteiger partial charge on any atom is 0.291 e. The lowest BCUT2D eigenvalue weighted by Gasteiger charge is -1.97. The lowest BCUT2D eigenvalue weighted by molar-refractivity contribution is -0.385. The van der Waals surface area contributed by atoms with E-state index in [1.807, 2.05) is 0 Å². The number of terminal acetylenes is 1. The van der Waals surface area contributed by atoms with Gasteiger partial charge in [0.05, 0.1) is 10.5 Å². The molecule has 4 heteroatoms. The summed E-state index contributed by atoms with van der Waals surface area (Å²) < 4.78 is 0. The summed E-state index contributed by atoms with van der Waals surface area (Å²) in [4.78, 5) is 13.5. The standard InChI is InChI=1S/C8H6N2O2/c1-3-7-4-9-5-8(6(7)2)10(11)12/h1,4-5H,2H3. The summed E-state index contributed by atoms with van der Waals surface area (Å²) in [6.07, 6.45) is 7.73. The molecule has 0 N–H and O–H groups in total. The molecule has 0 aliphatic heterocycles. The molecule has 60 valence electrons. The van der Waals surface area contributed by atoms with Gasteiger partial charge in [-0.25, -0.2) is 0 Å². The van der Waals surface area contributed by atoms with E-state index in [-0.39, 0.29) is 5.69 Å². The van der Waals surface area contributed by atoms with Crippen molar-refractivity contribution in [3.63, 3.8) is 0 Å². The van der Waals surface area contributed by atoms with E-state index in [0.717, 1.165) is 0 Å². The van der Waals surface area contributed by atoms with Crippen LogP contribution in [-0.4, -0.2) is 9.91 Å². The molecule has 0 amide bonds. The van der Waals surface area contributed by atoms with Crippen LogP contribution in [-0.2, 0) is 0 Å². The average Bonchev–Trinajstić information content (AvgIpc) is 2.04. The Morgan fingerprint density at radius 3 is 2.83 bits per heavy atom. The van der Waals surface area contributed by atoms with Crippen LogP contribution in [0.2, 0.25) is 0 Å². The summed E-state index contributed by atoms with van der Waals surface area (Å²) >= 11 is 0. The fourth-order valence-electron chi connectivity index (χ4n) is 0.844.